The molecule has 0 spiro atoms. The minimum atomic E-state index is 0.350. The van der Waals surface area contributed by atoms with E-state index in [1.54, 1.807) is 12.1 Å². The Morgan fingerprint density at radius 2 is 1.89 bits per heavy atom. The van der Waals surface area contributed by atoms with E-state index in [9.17, 15) is 5.11 Å². The second-order valence-corrected chi connectivity index (χ2v) is 5.69. The number of hydrogen-bond donors (Lipinski definition) is 2. The summed E-state index contributed by atoms with van der Waals surface area (Å²) in [6.07, 6.45) is 3.94. The average Bonchev–Trinajstić information content (AvgIpc) is 2.69. The molecule has 0 amide bonds. The number of nitrogens with zero attached hydrogens (tertiary/aromatic N) is 1. The molecule has 0 saturated carbocycles. The highest BCUT2D eigenvalue weighted by molar-refractivity contribution is 5.27. The van der Waals surface area contributed by atoms with Crippen LogP contribution in [0.1, 0.15) is 37.8 Å². The number of phenolic OH excluding ortho intramolecular Hbond substituents is 1. The molecule has 0 aromatic heterocycles. The first kappa shape index (κ1) is 12.0. The summed E-state index contributed by atoms with van der Waals surface area (Å²) in [5.74, 6) is 0.350. The van der Waals surface area contributed by atoms with Gasteiger partial charge in [-0.2, -0.15) is 0 Å². The number of nitrogens with one attached hydrogen (secondary N) is 1. The summed E-state index contributed by atoms with van der Waals surface area (Å²) in [6.45, 7) is 4.60. The Bertz CT molecular complexity index is 403. The highest BCUT2D eigenvalue weighted by Crippen LogP contribution is 2.27. The normalized spacial score (nSPS) is 30.1. The third-order valence-electron chi connectivity index (χ3n) is 4.48. The fourth-order valence-electron chi connectivity index (χ4n) is 3.29. The average molecular weight is 246 g/mol. The van der Waals surface area contributed by atoms with Gasteiger partial charge in [-0.25, -0.2) is 0 Å². The number of phenols is 1. The quantitative estimate of drug-likeness (QED) is 0.840. The Labute approximate surface area is 109 Å². The zero-order valence-corrected chi connectivity index (χ0v) is 11.0. The molecule has 2 fully saturated rings. The van der Waals surface area contributed by atoms with Crippen LogP contribution in [-0.4, -0.2) is 35.2 Å². The molecule has 3 heteroatoms. The van der Waals surface area contributed by atoms with Gasteiger partial charge < -0.3 is 10.4 Å². The molecule has 2 aliphatic rings. The summed E-state index contributed by atoms with van der Waals surface area (Å²) < 4.78 is 0. The minimum Gasteiger partial charge on any atom is -0.508 e. The van der Waals surface area contributed by atoms with Crippen molar-refractivity contribution in [1.82, 2.24) is 10.2 Å². The maximum absolute atomic E-state index is 9.36. The number of likely N-dealkylation sites (tertiary alicyclic amines) is 1. The van der Waals surface area contributed by atoms with Gasteiger partial charge in [0.1, 0.15) is 5.75 Å². The van der Waals surface area contributed by atoms with Crippen molar-refractivity contribution < 1.29 is 5.11 Å². The predicted octanol–water partition coefficient (Wildman–Crippen LogP) is 2.28. The summed E-state index contributed by atoms with van der Waals surface area (Å²) in [5.41, 5.74) is 1.30. The topological polar surface area (TPSA) is 35.5 Å². The van der Waals surface area contributed by atoms with E-state index in [0.29, 0.717) is 17.8 Å². The third-order valence-corrected chi connectivity index (χ3v) is 4.48. The summed E-state index contributed by atoms with van der Waals surface area (Å²) in [6, 6.07) is 9.51. The highest BCUT2D eigenvalue weighted by atomic mass is 16.3. The first-order valence-electron chi connectivity index (χ1n) is 7.01. The van der Waals surface area contributed by atoms with Gasteiger partial charge in [0.25, 0.3) is 0 Å². The highest BCUT2D eigenvalue weighted by Gasteiger charge is 2.31. The summed E-state index contributed by atoms with van der Waals surface area (Å²) >= 11 is 0. The summed E-state index contributed by atoms with van der Waals surface area (Å²) in [5, 5.41) is 13.1. The van der Waals surface area contributed by atoms with Gasteiger partial charge in [-0.15, -0.1) is 0 Å². The minimum absolute atomic E-state index is 0.350. The smallest absolute Gasteiger partial charge is 0.115 e. The van der Waals surface area contributed by atoms with Crippen LogP contribution in [0.2, 0.25) is 0 Å². The summed E-state index contributed by atoms with van der Waals surface area (Å²) in [7, 11) is 0. The van der Waals surface area contributed by atoms with E-state index in [-0.39, 0.29) is 0 Å². The maximum Gasteiger partial charge on any atom is 0.115 e. The molecular weight excluding hydrogens is 224 g/mol. The number of benzene rings is 1. The maximum atomic E-state index is 9.36. The van der Waals surface area contributed by atoms with Crippen LogP contribution in [0.4, 0.5) is 0 Å². The van der Waals surface area contributed by atoms with Gasteiger partial charge in [0.15, 0.2) is 0 Å². The number of fused-ring (bicyclic) bond motifs is 2. The first-order valence-corrected chi connectivity index (χ1v) is 7.01. The molecule has 3 nitrogen and oxygen atoms in total. The molecule has 2 heterocycles. The van der Waals surface area contributed by atoms with Crippen LogP contribution in [0.5, 0.6) is 5.75 Å². The van der Waals surface area contributed by atoms with Crippen molar-refractivity contribution in [2.24, 2.45) is 0 Å². The molecule has 3 atom stereocenters. The lowest BCUT2D eigenvalue weighted by molar-refractivity contribution is 0.200. The molecule has 98 valence electrons. The van der Waals surface area contributed by atoms with Crippen molar-refractivity contribution in [1.29, 1.82) is 0 Å². The third kappa shape index (κ3) is 2.38. The number of aromatic hydroxyl groups is 1. The lowest BCUT2D eigenvalue weighted by atomic mass is 10.0. The monoisotopic (exact) mass is 246 g/mol. The van der Waals surface area contributed by atoms with Gasteiger partial charge in [-0.1, -0.05) is 12.1 Å². The van der Waals surface area contributed by atoms with E-state index < -0.39 is 0 Å². The van der Waals surface area contributed by atoms with Crippen LogP contribution >= 0.6 is 0 Å². The SMILES string of the molecule is CC(c1ccc(O)cc1)N1CCC2CCC(C1)N2. The van der Waals surface area contributed by atoms with E-state index in [1.807, 2.05) is 12.1 Å². The standard InChI is InChI=1S/C15H22N2O/c1-11(12-2-6-15(18)7-3-12)17-9-8-13-4-5-14(10-17)16-13/h2-3,6-7,11,13-14,16,18H,4-5,8-10H2,1H3. The van der Waals surface area contributed by atoms with Crippen LogP contribution in [0.15, 0.2) is 24.3 Å². The van der Waals surface area contributed by atoms with Crippen LogP contribution in [0.3, 0.4) is 0 Å². The number of rotatable bonds is 2. The van der Waals surface area contributed by atoms with E-state index >= 15 is 0 Å². The Balaban J connectivity index is 1.71. The Hall–Kier alpha value is -1.06. The molecule has 2 N–H and O–H groups in total. The first-order chi connectivity index (χ1) is 8.72. The Morgan fingerprint density at radius 1 is 1.17 bits per heavy atom. The van der Waals surface area contributed by atoms with Crippen molar-refractivity contribution >= 4 is 0 Å². The van der Waals surface area contributed by atoms with E-state index in [1.165, 1.54) is 31.4 Å². The largest absolute Gasteiger partial charge is 0.508 e. The summed E-state index contributed by atoms with van der Waals surface area (Å²) in [4.78, 5) is 2.57. The van der Waals surface area contributed by atoms with Gasteiger partial charge >= 0.3 is 0 Å². The van der Waals surface area contributed by atoms with Crippen molar-refractivity contribution in [2.45, 2.75) is 44.3 Å². The molecule has 0 radical (unpaired) electrons. The van der Waals surface area contributed by atoms with Crippen molar-refractivity contribution in [3.8, 4) is 5.75 Å². The molecule has 2 bridgehead atoms. The van der Waals surface area contributed by atoms with Crippen LogP contribution in [-0.2, 0) is 0 Å². The molecular formula is C15H22N2O. The van der Waals surface area contributed by atoms with E-state index in [2.05, 4.69) is 17.1 Å². The molecule has 3 rings (SSSR count). The molecule has 18 heavy (non-hydrogen) atoms. The second kappa shape index (κ2) is 4.90. The predicted molar refractivity (Wildman–Crippen MR) is 72.7 cm³/mol. The molecule has 3 unspecified atom stereocenters. The Morgan fingerprint density at radius 3 is 2.67 bits per heavy atom. The van der Waals surface area contributed by atoms with Gasteiger partial charge in [-0.05, 0) is 43.9 Å². The van der Waals surface area contributed by atoms with Gasteiger partial charge in [-0.3, -0.25) is 4.90 Å². The lowest BCUT2D eigenvalue weighted by Gasteiger charge is -2.30. The van der Waals surface area contributed by atoms with Gasteiger partial charge in [0.2, 0.25) is 0 Å². The van der Waals surface area contributed by atoms with Crippen LogP contribution in [0.25, 0.3) is 0 Å². The van der Waals surface area contributed by atoms with Crippen molar-refractivity contribution in [2.75, 3.05) is 13.1 Å². The molecule has 1 aromatic carbocycles. The second-order valence-electron chi connectivity index (χ2n) is 5.69. The van der Waals surface area contributed by atoms with Gasteiger partial charge in [0, 0.05) is 31.2 Å². The fourth-order valence-corrected chi connectivity index (χ4v) is 3.29. The molecule has 2 saturated heterocycles. The van der Waals surface area contributed by atoms with Crippen molar-refractivity contribution in [3.05, 3.63) is 29.8 Å². The lowest BCUT2D eigenvalue weighted by Crippen LogP contribution is -2.36. The Kier molecular flexibility index (Phi) is 3.27. The molecule has 0 aliphatic carbocycles. The van der Waals surface area contributed by atoms with E-state index in [4.69, 9.17) is 0 Å². The van der Waals surface area contributed by atoms with Crippen molar-refractivity contribution in [3.63, 3.8) is 0 Å². The zero-order chi connectivity index (χ0) is 12.5. The fraction of sp³-hybridized carbons (Fsp3) is 0.600. The van der Waals surface area contributed by atoms with E-state index in [0.717, 1.165) is 12.6 Å². The molecule has 2 aliphatic heterocycles. The van der Waals surface area contributed by atoms with Crippen LogP contribution < -0.4 is 5.32 Å². The van der Waals surface area contributed by atoms with Gasteiger partial charge in [0.05, 0.1) is 0 Å². The number of hydrogen-bond acceptors (Lipinski definition) is 3. The molecule has 1 aromatic rings. The zero-order valence-electron chi connectivity index (χ0n) is 11.0. The van der Waals surface area contributed by atoms with Crippen LogP contribution in [0, 0.1) is 0 Å².